The summed E-state index contributed by atoms with van der Waals surface area (Å²) in [6.07, 6.45) is 0. The van der Waals surface area contributed by atoms with Gasteiger partial charge in [-0.2, -0.15) is 0 Å². The van der Waals surface area contributed by atoms with Gasteiger partial charge in [-0.05, 0) is 69.1 Å². The molecule has 4 nitrogen and oxygen atoms in total. The van der Waals surface area contributed by atoms with E-state index in [9.17, 15) is 4.79 Å². The molecule has 26 heavy (non-hydrogen) atoms. The molecule has 0 aromatic heterocycles. The van der Waals surface area contributed by atoms with Crippen LogP contribution in [0.15, 0.2) is 42.5 Å². The van der Waals surface area contributed by atoms with Crippen LogP contribution < -0.4 is 10.1 Å². The van der Waals surface area contributed by atoms with E-state index in [1.54, 1.807) is 7.11 Å². The van der Waals surface area contributed by atoms with Gasteiger partial charge in [0.05, 0.1) is 19.7 Å². The number of hydrogen-bond donors (Lipinski definition) is 1. The molecule has 140 valence electrons. The zero-order valence-electron chi connectivity index (χ0n) is 16.7. The molecule has 0 fully saturated rings. The fourth-order valence-corrected chi connectivity index (χ4v) is 2.90. The quantitative estimate of drug-likeness (QED) is 0.811. The summed E-state index contributed by atoms with van der Waals surface area (Å²) < 4.78 is 5.20. The molecule has 1 N–H and O–H groups in total. The number of rotatable bonds is 7. The summed E-state index contributed by atoms with van der Waals surface area (Å²) >= 11 is 0. The number of hydrogen-bond acceptors (Lipinski definition) is 3. The number of aryl methyl sites for hydroxylation is 2. The van der Waals surface area contributed by atoms with Crippen molar-refractivity contribution in [2.75, 3.05) is 20.7 Å². The number of ether oxygens (including phenoxy) is 1. The van der Waals surface area contributed by atoms with Crippen LogP contribution in [0.2, 0.25) is 0 Å². The molecule has 0 bridgehead atoms. The highest BCUT2D eigenvalue weighted by Gasteiger charge is 2.17. The minimum Gasteiger partial charge on any atom is -0.497 e. The van der Waals surface area contributed by atoms with Crippen LogP contribution in [0, 0.1) is 13.8 Å². The average molecular weight is 354 g/mol. The Morgan fingerprint density at radius 2 is 1.65 bits per heavy atom. The molecule has 1 amide bonds. The Hall–Kier alpha value is -2.33. The van der Waals surface area contributed by atoms with Crippen molar-refractivity contribution in [2.24, 2.45) is 0 Å². The van der Waals surface area contributed by atoms with E-state index in [1.165, 1.54) is 11.1 Å². The van der Waals surface area contributed by atoms with Crippen LogP contribution in [-0.2, 0) is 4.79 Å². The zero-order chi connectivity index (χ0) is 19.3. The number of carbonyl (C=O) groups is 1. The minimum absolute atomic E-state index is 0.00788. The van der Waals surface area contributed by atoms with Gasteiger partial charge in [0, 0.05) is 6.04 Å². The summed E-state index contributed by atoms with van der Waals surface area (Å²) in [7, 11) is 3.63. The smallest absolute Gasteiger partial charge is 0.234 e. The van der Waals surface area contributed by atoms with Crippen LogP contribution in [0.3, 0.4) is 0 Å². The van der Waals surface area contributed by atoms with E-state index in [4.69, 9.17) is 4.74 Å². The van der Waals surface area contributed by atoms with Crippen LogP contribution in [0.4, 0.5) is 0 Å². The number of amides is 1. The third kappa shape index (κ3) is 5.09. The second kappa shape index (κ2) is 8.86. The topological polar surface area (TPSA) is 41.6 Å². The molecule has 0 saturated heterocycles. The molecule has 0 radical (unpaired) electrons. The average Bonchev–Trinajstić information content (AvgIpc) is 2.63. The van der Waals surface area contributed by atoms with Crippen LogP contribution in [0.25, 0.3) is 0 Å². The number of benzene rings is 2. The van der Waals surface area contributed by atoms with Crippen molar-refractivity contribution in [2.45, 2.75) is 39.8 Å². The normalized spacial score (nSPS) is 13.3. The summed E-state index contributed by atoms with van der Waals surface area (Å²) in [5.74, 6) is 0.863. The maximum absolute atomic E-state index is 12.5. The predicted molar refractivity (Wildman–Crippen MR) is 107 cm³/mol. The fraction of sp³-hybridized carbons (Fsp3) is 0.409. The maximum atomic E-state index is 12.5. The third-order valence-electron chi connectivity index (χ3n) is 5.06. The lowest BCUT2D eigenvalue weighted by atomic mass is 10.0. The minimum atomic E-state index is -0.00788. The summed E-state index contributed by atoms with van der Waals surface area (Å²) in [5, 5.41) is 3.10. The van der Waals surface area contributed by atoms with Gasteiger partial charge in [-0.15, -0.1) is 0 Å². The molecule has 0 aliphatic heterocycles. The second-order valence-corrected chi connectivity index (χ2v) is 7.00. The highest BCUT2D eigenvalue weighted by atomic mass is 16.5. The molecule has 4 heteroatoms. The van der Waals surface area contributed by atoms with Crippen molar-refractivity contribution >= 4 is 5.91 Å². The van der Waals surface area contributed by atoms with Gasteiger partial charge in [0.1, 0.15) is 5.75 Å². The lowest BCUT2D eigenvalue weighted by Gasteiger charge is -2.25. The predicted octanol–water partition coefficient (Wildman–Crippen LogP) is 4.18. The monoisotopic (exact) mass is 354 g/mol. The van der Waals surface area contributed by atoms with Crippen molar-refractivity contribution < 1.29 is 9.53 Å². The van der Waals surface area contributed by atoms with E-state index in [0.717, 1.165) is 16.9 Å². The van der Waals surface area contributed by atoms with E-state index < -0.39 is 0 Å². The summed E-state index contributed by atoms with van der Waals surface area (Å²) in [5.41, 5.74) is 4.80. The lowest BCUT2D eigenvalue weighted by molar-refractivity contribution is -0.123. The van der Waals surface area contributed by atoms with Crippen LogP contribution in [0.1, 0.15) is 48.2 Å². The van der Waals surface area contributed by atoms with Gasteiger partial charge < -0.3 is 10.1 Å². The lowest BCUT2D eigenvalue weighted by Crippen LogP contribution is -2.37. The first kappa shape index (κ1) is 20.0. The summed E-state index contributed by atoms with van der Waals surface area (Å²) in [6, 6.07) is 14.4. The Labute approximate surface area is 157 Å². The second-order valence-electron chi connectivity index (χ2n) is 7.00. The molecule has 0 saturated carbocycles. The van der Waals surface area contributed by atoms with Gasteiger partial charge in [-0.1, -0.05) is 30.3 Å². The highest BCUT2D eigenvalue weighted by Crippen LogP contribution is 2.22. The molecule has 2 unspecified atom stereocenters. The van der Waals surface area contributed by atoms with E-state index in [2.05, 4.69) is 44.3 Å². The molecule has 2 aromatic carbocycles. The largest absolute Gasteiger partial charge is 0.497 e. The van der Waals surface area contributed by atoms with Crippen molar-refractivity contribution in [3.63, 3.8) is 0 Å². The Balaban J connectivity index is 1.93. The van der Waals surface area contributed by atoms with Crippen LogP contribution in [-0.4, -0.2) is 31.5 Å². The van der Waals surface area contributed by atoms with Gasteiger partial charge in [-0.3, -0.25) is 9.69 Å². The first-order valence-electron chi connectivity index (χ1n) is 9.02. The zero-order valence-corrected chi connectivity index (χ0v) is 16.7. The van der Waals surface area contributed by atoms with Crippen molar-refractivity contribution in [3.05, 3.63) is 64.7 Å². The molecule has 0 spiro atoms. The number of methoxy groups -OCH3 is 1. The molecular weight excluding hydrogens is 324 g/mol. The van der Waals surface area contributed by atoms with E-state index in [-0.39, 0.29) is 18.0 Å². The van der Waals surface area contributed by atoms with Gasteiger partial charge in [0.15, 0.2) is 0 Å². The third-order valence-corrected chi connectivity index (χ3v) is 5.06. The SMILES string of the molecule is COc1ccc(C(C)N(C)CC(=O)NC(C)c2ccc(C)c(C)c2)cc1. The van der Waals surface area contributed by atoms with Gasteiger partial charge in [0.2, 0.25) is 5.91 Å². The molecule has 2 atom stereocenters. The Morgan fingerprint density at radius 3 is 2.23 bits per heavy atom. The molecular formula is C22H30N2O2. The Bertz CT molecular complexity index is 740. The van der Waals surface area contributed by atoms with Crippen molar-refractivity contribution in [3.8, 4) is 5.75 Å². The Morgan fingerprint density at radius 1 is 1.04 bits per heavy atom. The summed E-state index contributed by atoms with van der Waals surface area (Å²) in [4.78, 5) is 14.5. The summed E-state index contributed by atoms with van der Waals surface area (Å²) in [6.45, 7) is 8.66. The van der Waals surface area contributed by atoms with Gasteiger partial charge in [-0.25, -0.2) is 0 Å². The molecule has 0 heterocycles. The highest BCUT2D eigenvalue weighted by molar-refractivity contribution is 5.78. The van der Waals surface area contributed by atoms with Gasteiger partial charge in [0.25, 0.3) is 0 Å². The number of carbonyl (C=O) groups excluding carboxylic acids is 1. The molecule has 0 aliphatic rings. The van der Waals surface area contributed by atoms with Gasteiger partial charge >= 0.3 is 0 Å². The van der Waals surface area contributed by atoms with E-state index >= 15 is 0 Å². The fourth-order valence-electron chi connectivity index (χ4n) is 2.90. The van der Waals surface area contributed by atoms with Crippen molar-refractivity contribution in [1.82, 2.24) is 10.2 Å². The van der Waals surface area contributed by atoms with E-state index in [1.807, 2.05) is 43.1 Å². The Kier molecular flexibility index (Phi) is 6.81. The van der Waals surface area contributed by atoms with Crippen LogP contribution >= 0.6 is 0 Å². The standard InChI is InChI=1S/C22H30N2O2/c1-15-7-8-20(13-16(15)2)17(3)23-22(25)14-24(5)18(4)19-9-11-21(26-6)12-10-19/h7-13,17-18H,14H2,1-6H3,(H,23,25). The number of nitrogens with one attached hydrogen (secondary N) is 1. The first-order valence-corrected chi connectivity index (χ1v) is 9.02. The first-order chi connectivity index (χ1) is 12.3. The maximum Gasteiger partial charge on any atom is 0.234 e. The molecule has 0 aliphatic carbocycles. The number of nitrogens with zero attached hydrogens (tertiary/aromatic N) is 1. The van der Waals surface area contributed by atoms with Crippen LogP contribution in [0.5, 0.6) is 5.75 Å². The van der Waals surface area contributed by atoms with Crippen molar-refractivity contribution in [1.29, 1.82) is 0 Å². The van der Waals surface area contributed by atoms with E-state index in [0.29, 0.717) is 6.54 Å². The number of likely N-dealkylation sites (N-methyl/N-ethyl adjacent to an activating group) is 1. The molecule has 2 rings (SSSR count). The molecule has 2 aromatic rings.